The molecule has 0 spiro atoms. The van der Waals surface area contributed by atoms with Gasteiger partial charge >= 0.3 is 0 Å². The zero-order valence-electron chi connectivity index (χ0n) is 19.5. The lowest BCUT2D eigenvalue weighted by Gasteiger charge is -2.41. The van der Waals surface area contributed by atoms with Gasteiger partial charge in [-0.05, 0) is 101 Å². The maximum Gasteiger partial charge on any atom is 0.0574 e. The van der Waals surface area contributed by atoms with Gasteiger partial charge in [-0.15, -0.1) is 0 Å². The van der Waals surface area contributed by atoms with Crippen LogP contribution in [0.25, 0.3) is 0 Å². The Bertz CT molecular complexity index is 496. The van der Waals surface area contributed by atoms with Crippen LogP contribution in [0.2, 0.25) is 0 Å². The van der Waals surface area contributed by atoms with Gasteiger partial charge in [0.15, 0.2) is 0 Å². The first kappa shape index (κ1) is 23.0. The molecule has 1 aliphatic heterocycles. The molecular weight excluding hydrogens is 372 g/mol. The van der Waals surface area contributed by atoms with E-state index in [2.05, 4.69) is 15.5 Å². The molecule has 30 heavy (non-hydrogen) atoms. The van der Waals surface area contributed by atoms with Gasteiger partial charge in [0.2, 0.25) is 0 Å². The number of nitrogens with one attached hydrogen (secondary N) is 2. The van der Waals surface area contributed by atoms with Gasteiger partial charge in [0.05, 0.1) is 6.10 Å². The molecule has 4 fully saturated rings. The smallest absolute Gasteiger partial charge is 0.0574 e. The molecule has 1 saturated heterocycles. The van der Waals surface area contributed by atoms with E-state index >= 15 is 0 Å². The summed E-state index contributed by atoms with van der Waals surface area (Å²) in [5, 5.41) is 7.39. The van der Waals surface area contributed by atoms with E-state index in [0.29, 0.717) is 6.10 Å². The third kappa shape index (κ3) is 5.98. The van der Waals surface area contributed by atoms with Crippen molar-refractivity contribution in [1.29, 1.82) is 0 Å². The number of methoxy groups -OCH3 is 1. The Balaban J connectivity index is 1.21. The average Bonchev–Trinajstić information content (AvgIpc) is 3.21. The molecular formula is C25H48N4O. The van der Waals surface area contributed by atoms with Crippen LogP contribution in [-0.4, -0.2) is 63.0 Å². The van der Waals surface area contributed by atoms with Crippen LogP contribution in [0.5, 0.6) is 0 Å². The van der Waals surface area contributed by atoms with Gasteiger partial charge < -0.3 is 15.8 Å². The molecule has 5 nitrogen and oxygen atoms in total. The number of fused-ring (bicyclic) bond motifs is 1. The van der Waals surface area contributed by atoms with Crippen molar-refractivity contribution in [2.24, 2.45) is 29.4 Å². The molecule has 4 N–H and O–H groups in total. The Morgan fingerprint density at radius 3 is 2.60 bits per heavy atom. The summed E-state index contributed by atoms with van der Waals surface area (Å²) >= 11 is 0. The highest BCUT2D eigenvalue weighted by atomic mass is 16.5. The summed E-state index contributed by atoms with van der Waals surface area (Å²) in [5.74, 6) is 3.73. The Hall–Kier alpha value is -0.200. The summed E-state index contributed by atoms with van der Waals surface area (Å²) in [6, 6.07) is 1.56. The minimum absolute atomic E-state index is 0.521. The topological polar surface area (TPSA) is 62.5 Å². The van der Waals surface area contributed by atoms with Gasteiger partial charge in [0.25, 0.3) is 0 Å². The summed E-state index contributed by atoms with van der Waals surface area (Å²) in [6.45, 7) is 5.34. The predicted molar refractivity (Wildman–Crippen MR) is 124 cm³/mol. The molecule has 0 bridgehead atoms. The second-order valence-corrected chi connectivity index (χ2v) is 10.9. The molecule has 0 aromatic heterocycles. The zero-order valence-corrected chi connectivity index (χ0v) is 19.5. The van der Waals surface area contributed by atoms with Crippen molar-refractivity contribution in [3.8, 4) is 0 Å². The molecule has 3 saturated carbocycles. The van der Waals surface area contributed by atoms with E-state index in [-0.39, 0.29) is 0 Å². The van der Waals surface area contributed by atoms with E-state index in [1.807, 2.05) is 7.11 Å². The molecule has 5 heteroatoms. The highest BCUT2D eigenvalue weighted by molar-refractivity contribution is 4.97. The summed E-state index contributed by atoms with van der Waals surface area (Å²) in [4.78, 5) is 2.82. The zero-order chi connectivity index (χ0) is 20.8. The van der Waals surface area contributed by atoms with Crippen LogP contribution in [-0.2, 0) is 4.74 Å². The van der Waals surface area contributed by atoms with Gasteiger partial charge in [-0.2, -0.15) is 0 Å². The Morgan fingerprint density at radius 1 is 0.967 bits per heavy atom. The summed E-state index contributed by atoms with van der Waals surface area (Å²) in [5.41, 5.74) is 5.62. The van der Waals surface area contributed by atoms with Crippen LogP contribution in [0.4, 0.5) is 0 Å². The second kappa shape index (κ2) is 11.6. The van der Waals surface area contributed by atoms with Gasteiger partial charge in [-0.3, -0.25) is 10.2 Å². The standard InChI is InChI=1S/C25H48N4O/c1-30-23-4-2-3-19(15-23)11-14-29-18-28-24-10-9-22(16-25(24)29)21-7-5-20(6-8-21)17-27-13-12-26/h19-25,27-28H,2-18,26H2,1H3. The monoisotopic (exact) mass is 420 g/mol. The lowest BCUT2D eigenvalue weighted by atomic mass is 9.69. The van der Waals surface area contributed by atoms with E-state index < -0.39 is 0 Å². The number of hydrogen-bond donors (Lipinski definition) is 3. The minimum atomic E-state index is 0.521. The van der Waals surface area contributed by atoms with E-state index in [1.54, 1.807) is 0 Å². The molecule has 0 radical (unpaired) electrons. The minimum Gasteiger partial charge on any atom is -0.381 e. The highest BCUT2D eigenvalue weighted by Gasteiger charge is 2.41. The fraction of sp³-hybridized carbons (Fsp3) is 1.00. The fourth-order valence-corrected chi connectivity index (χ4v) is 7.18. The van der Waals surface area contributed by atoms with Crippen LogP contribution >= 0.6 is 0 Å². The molecule has 174 valence electrons. The number of rotatable bonds is 9. The van der Waals surface area contributed by atoms with Crippen molar-refractivity contribution >= 4 is 0 Å². The highest BCUT2D eigenvalue weighted by Crippen LogP contribution is 2.42. The molecule has 4 rings (SSSR count). The maximum atomic E-state index is 5.66. The molecule has 0 aromatic carbocycles. The predicted octanol–water partition coefficient (Wildman–Crippen LogP) is 3.34. The maximum absolute atomic E-state index is 5.66. The molecule has 5 unspecified atom stereocenters. The van der Waals surface area contributed by atoms with E-state index in [9.17, 15) is 0 Å². The van der Waals surface area contributed by atoms with E-state index in [0.717, 1.165) is 55.5 Å². The molecule has 4 aliphatic rings. The van der Waals surface area contributed by atoms with Crippen LogP contribution in [0.1, 0.15) is 77.0 Å². The third-order valence-electron chi connectivity index (χ3n) is 9.09. The number of ether oxygens (including phenoxy) is 1. The lowest BCUT2D eigenvalue weighted by molar-refractivity contribution is 0.0445. The summed E-state index contributed by atoms with van der Waals surface area (Å²) in [7, 11) is 1.90. The first-order valence-electron chi connectivity index (χ1n) is 13.2. The molecule has 1 heterocycles. The Morgan fingerprint density at radius 2 is 1.80 bits per heavy atom. The summed E-state index contributed by atoms with van der Waals surface area (Å²) in [6.07, 6.45) is 17.3. The van der Waals surface area contributed by atoms with Crippen LogP contribution in [0.3, 0.4) is 0 Å². The van der Waals surface area contributed by atoms with Crippen LogP contribution in [0.15, 0.2) is 0 Å². The van der Waals surface area contributed by atoms with Crippen LogP contribution < -0.4 is 16.4 Å². The Kier molecular flexibility index (Phi) is 8.89. The Labute approximate surface area is 185 Å². The molecule has 0 aromatic rings. The van der Waals surface area contributed by atoms with Crippen molar-refractivity contribution in [2.45, 2.75) is 95.2 Å². The number of nitrogens with zero attached hydrogens (tertiary/aromatic N) is 1. The lowest BCUT2D eigenvalue weighted by Crippen LogP contribution is -2.44. The third-order valence-corrected chi connectivity index (χ3v) is 9.09. The van der Waals surface area contributed by atoms with Gasteiger partial charge in [0, 0.05) is 39.0 Å². The van der Waals surface area contributed by atoms with Gasteiger partial charge in [0.1, 0.15) is 0 Å². The fourth-order valence-electron chi connectivity index (χ4n) is 7.18. The molecule has 5 atom stereocenters. The van der Waals surface area contributed by atoms with Crippen molar-refractivity contribution in [1.82, 2.24) is 15.5 Å². The number of nitrogens with two attached hydrogens (primary N) is 1. The molecule has 3 aliphatic carbocycles. The van der Waals surface area contributed by atoms with Crippen molar-refractivity contribution in [3.63, 3.8) is 0 Å². The van der Waals surface area contributed by atoms with Crippen LogP contribution in [0, 0.1) is 23.7 Å². The average molecular weight is 421 g/mol. The first-order valence-corrected chi connectivity index (χ1v) is 13.2. The second-order valence-electron chi connectivity index (χ2n) is 10.9. The number of hydrogen-bond acceptors (Lipinski definition) is 5. The first-order chi connectivity index (χ1) is 14.8. The van der Waals surface area contributed by atoms with E-state index in [4.69, 9.17) is 10.5 Å². The van der Waals surface area contributed by atoms with Gasteiger partial charge in [-0.25, -0.2) is 0 Å². The largest absolute Gasteiger partial charge is 0.381 e. The van der Waals surface area contributed by atoms with Crippen molar-refractivity contribution < 1.29 is 4.74 Å². The van der Waals surface area contributed by atoms with Gasteiger partial charge in [-0.1, -0.05) is 12.8 Å². The van der Waals surface area contributed by atoms with Crippen molar-refractivity contribution in [2.75, 3.05) is 40.0 Å². The normalized spacial score (nSPS) is 40.4. The quantitative estimate of drug-likeness (QED) is 0.500. The summed E-state index contributed by atoms with van der Waals surface area (Å²) < 4.78 is 5.66. The SMILES string of the molecule is COC1CCCC(CCN2CNC3CCC(C4CCC(CNCCN)CC4)CC32)C1. The molecule has 0 amide bonds. The van der Waals surface area contributed by atoms with E-state index in [1.165, 1.54) is 90.1 Å². The van der Waals surface area contributed by atoms with Crippen molar-refractivity contribution in [3.05, 3.63) is 0 Å².